The molecule has 0 saturated heterocycles. The lowest BCUT2D eigenvalue weighted by Crippen LogP contribution is -1.94. The first-order valence-electron chi connectivity index (χ1n) is 5.57. The standard InChI is InChI=1S/C14H15ClO2S/c1-9-4-5-13(18-9)14(15)10-6-11(16-2)8-12(7-10)17-3/h4-8,14H,1-3H3. The molecule has 1 atom stereocenters. The van der Waals surface area contributed by atoms with Gasteiger partial charge in [0.15, 0.2) is 0 Å². The molecule has 1 aromatic carbocycles. The number of rotatable bonds is 4. The summed E-state index contributed by atoms with van der Waals surface area (Å²) in [5.74, 6) is 1.51. The first kappa shape index (κ1) is 13.2. The second-order valence-corrected chi connectivity index (χ2v) is 5.71. The molecular formula is C14H15ClO2S. The Labute approximate surface area is 116 Å². The number of hydrogen-bond acceptors (Lipinski definition) is 3. The SMILES string of the molecule is COc1cc(OC)cc(C(Cl)c2ccc(C)s2)c1. The van der Waals surface area contributed by atoms with Gasteiger partial charge in [0.05, 0.1) is 19.6 Å². The summed E-state index contributed by atoms with van der Waals surface area (Å²) < 4.78 is 10.5. The van der Waals surface area contributed by atoms with Gasteiger partial charge in [0.25, 0.3) is 0 Å². The smallest absolute Gasteiger partial charge is 0.122 e. The van der Waals surface area contributed by atoms with Crippen LogP contribution in [0.1, 0.15) is 20.7 Å². The van der Waals surface area contributed by atoms with Crippen molar-refractivity contribution in [3.05, 3.63) is 45.6 Å². The Kier molecular flexibility index (Phi) is 4.15. The first-order valence-corrected chi connectivity index (χ1v) is 6.82. The summed E-state index contributed by atoms with van der Waals surface area (Å²) in [6.45, 7) is 2.07. The molecule has 0 aliphatic heterocycles. The van der Waals surface area contributed by atoms with Crippen LogP contribution in [-0.4, -0.2) is 14.2 Å². The molecule has 4 heteroatoms. The van der Waals surface area contributed by atoms with Gasteiger partial charge >= 0.3 is 0 Å². The molecule has 0 bridgehead atoms. The maximum absolute atomic E-state index is 6.50. The predicted molar refractivity (Wildman–Crippen MR) is 76.3 cm³/mol. The van der Waals surface area contributed by atoms with E-state index in [-0.39, 0.29) is 5.38 Å². The van der Waals surface area contributed by atoms with Crippen molar-refractivity contribution in [2.24, 2.45) is 0 Å². The van der Waals surface area contributed by atoms with Gasteiger partial charge in [-0.2, -0.15) is 0 Å². The fourth-order valence-corrected chi connectivity index (χ4v) is 2.95. The van der Waals surface area contributed by atoms with Crippen LogP contribution in [0.5, 0.6) is 11.5 Å². The van der Waals surface area contributed by atoms with Crippen molar-refractivity contribution < 1.29 is 9.47 Å². The van der Waals surface area contributed by atoms with E-state index in [1.54, 1.807) is 25.6 Å². The van der Waals surface area contributed by atoms with Crippen molar-refractivity contribution in [3.63, 3.8) is 0 Å². The van der Waals surface area contributed by atoms with Crippen LogP contribution < -0.4 is 9.47 Å². The normalized spacial score (nSPS) is 12.2. The fraction of sp³-hybridized carbons (Fsp3) is 0.286. The monoisotopic (exact) mass is 282 g/mol. The summed E-state index contributed by atoms with van der Waals surface area (Å²) in [6, 6.07) is 9.85. The Bertz CT molecular complexity index is 514. The van der Waals surface area contributed by atoms with Crippen LogP contribution in [0, 0.1) is 6.92 Å². The van der Waals surface area contributed by atoms with Crippen molar-refractivity contribution in [2.45, 2.75) is 12.3 Å². The first-order chi connectivity index (χ1) is 8.63. The zero-order valence-corrected chi connectivity index (χ0v) is 12.1. The Balaban J connectivity index is 2.37. The molecule has 1 aromatic heterocycles. The third-order valence-corrected chi connectivity index (χ3v) is 4.36. The topological polar surface area (TPSA) is 18.5 Å². The van der Waals surface area contributed by atoms with Crippen molar-refractivity contribution in [2.75, 3.05) is 14.2 Å². The van der Waals surface area contributed by atoms with Gasteiger partial charge in [0, 0.05) is 15.8 Å². The van der Waals surface area contributed by atoms with Crippen LogP contribution >= 0.6 is 22.9 Å². The summed E-state index contributed by atoms with van der Waals surface area (Å²) in [6.07, 6.45) is 0. The van der Waals surface area contributed by atoms with Gasteiger partial charge < -0.3 is 9.47 Å². The van der Waals surface area contributed by atoms with Crippen LogP contribution in [0.3, 0.4) is 0 Å². The number of alkyl halides is 1. The van der Waals surface area contributed by atoms with Gasteiger partial charge in [-0.3, -0.25) is 0 Å². The van der Waals surface area contributed by atoms with Crippen LogP contribution in [0.25, 0.3) is 0 Å². The van der Waals surface area contributed by atoms with Crippen molar-refractivity contribution in [1.82, 2.24) is 0 Å². The zero-order valence-electron chi connectivity index (χ0n) is 10.6. The molecule has 18 heavy (non-hydrogen) atoms. The van der Waals surface area contributed by atoms with Gasteiger partial charge in [0.2, 0.25) is 0 Å². The van der Waals surface area contributed by atoms with Crippen molar-refractivity contribution >= 4 is 22.9 Å². The van der Waals surface area contributed by atoms with Crippen LogP contribution in [0.15, 0.2) is 30.3 Å². The lowest BCUT2D eigenvalue weighted by molar-refractivity contribution is 0.393. The van der Waals surface area contributed by atoms with E-state index in [4.69, 9.17) is 21.1 Å². The molecular weight excluding hydrogens is 268 g/mol. The fourth-order valence-electron chi connectivity index (χ4n) is 1.73. The summed E-state index contributed by atoms with van der Waals surface area (Å²) in [5.41, 5.74) is 0.981. The minimum Gasteiger partial charge on any atom is -0.497 e. The minimum absolute atomic E-state index is 0.173. The van der Waals surface area contributed by atoms with Crippen LogP contribution in [-0.2, 0) is 0 Å². The van der Waals surface area contributed by atoms with E-state index >= 15 is 0 Å². The summed E-state index contributed by atoms with van der Waals surface area (Å²) in [4.78, 5) is 2.38. The number of hydrogen-bond donors (Lipinski definition) is 0. The van der Waals surface area contributed by atoms with Gasteiger partial charge in [0.1, 0.15) is 11.5 Å². The Morgan fingerprint density at radius 3 is 2.11 bits per heavy atom. The minimum atomic E-state index is -0.173. The van der Waals surface area contributed by atoms with Crippen molar-refractivity contribution in [3.8, 4) is 11.5 Å². The average Bonchev–Trinajstić information content (AvgIpc) is 2.83. The van der Waals surface area contributed by atoms with E-state index in [9.17, 15) is 0 Å². The zero-order chi connectivity index (χ0) is 13.1. The molecule has 0 fully saturated rings. The molecule has 1 unspecified atom stereocenters. The molecule has 0 aliphatic carbocycles. The third-order valence-electron chi connectivity index (χ3n) is 2.68. The van der Waals surface area contributed by atoms with Gasteiger partial charge in [-0.1, -0.05) is 0 Å². The van der Waals surface area contributed by atoms with E-state index < -0.39 is 0 Å². The van der Waals surface area contributed by atoms with Crippen molar-refractivity contribution in [1.29, 1.82) is 0 Å². The number of methoxy groups -OCH3 is 2. The van der Waals surface area contributed by atoms with Crippen LogP contribution in [0.2, 0.25) is 0 Å². The maximum atomic E-state index is 6.50. The second kappa shape index (κ2) is 5.63. The largest absolute Gasteiger partial charge is 0.497 e. The lowest BCUT2D eigenvalue weighted by atomic mass is 10.1. The van der Waals surface area contributed by atoms with Gasteiger partial charge in [-0.25, -0.2) is 0 Å². The molecule has 0 spiro atoms. The molecule has 96 valence electrons. The highest BCUT2D eigenvalue weighted by Gasteiger charge is 2.15. The quantitative estimate of drug-likeness (QED) is 0.774. The van der Waals surface area contributed by atoms with E-state index in [0.717, 1.165) is 21.9 Å². The molecule has 0 saturated carbocycles. The highest BCUT2D eigenvalue weighted by atomic mass is 35.5. The molecule has 2 rings (SSSR count). The number of benzene rings is 1. The van der Waals surface area contributed by atoms with E-state index in [1.165, 1.54) is 4.88 Å². The molecule has 0 amide bonds. The Morgan fingerprint density at radius 1 is 1.06 bits per heavy atom. The maximum Gasteiger partial charge on any atom is 0.122 e. The van der Waals surface area contributed by atoms with Crippen LogP contribution in [0.4, 0.5) is 0 Å². The number of thiophene rings is 1. The molecule has 2 nitrogen and oxygen atoms in total. The Morgan fingerprint density at radius 2 is 1.67 bits per heavy atom. The Hall–Kier alpha value is -1.19. The molecule has 0 aliphatic rings. The number of ether oxygens (including phenoxy) is 2. The van der Waals surface area contributed by atoms with E-state index in [1.807, 2.05) is 18.2 Å². The molecule has 2 aromatic rings. The molecule has 0 N–H and O–H groups in total. The summed E-state index contributed by atoms with van der Waals surface area (Å²) >= 11 is 8.21. The summed E-state index contributed by atoms with van der Waals surface area (Å²) in [7, 11) is 3.27. The number of aryl methyl sites for hydroxylation is 1. The van der Waals surface area contributed by atoms with E-state index in [2.05, 4.69) is 19.1 Å². The molecule has 1 heterocycles. The van der Waals surface area contributed by atoms with Gasteiger partial charge in [-0.05, 0) is 36.8 Å². The van der Waals surface area contributed by atoms with E-state index in [0.29, 0.717) is 0 Å². The lowest BCUT2D eigenvalue weighted by Gasteiger charge is -2.12. The molecule has 0 radical (unpaired) electrons. The highest BCUT2D eigenvalue weighted by Crippen LogP contribution is 2.36. The number of halogens is 1. The second-order valence-electron chi connectivity index (χ2n) is 3.96. The van der Waals surface area contributed by atoms with Gasteiger partial charge in [-0.15, -0.1) is 22.9 Å². The predicted octanol–water partition coefficient (Wildman–Crippen LogP) is 4.40. The third kappa shape index (κ3) is 2.79. The average molecular weight is 283 g/mol. The summed E-state index contributed by atoms with van der Waals surface area (Å²) in [5, 5.41) is -0.173. The highest BCUT2D eigenvalue weighted by molar-refractivity contribution is 7.12.